The van der Waals surface area contributed by atoms with E-state index >= 15 is 0 Å². The van der Waals surface area contributed by atoms with E-state index in [2.05, 4.69) is 26.4 Å². The van der Waals surface area contributed by atoms with Crippen molar-refractivity contribution in [2.75, 3.05) is 32.2 Å². The Morgan fingerprint density at radius 2 is 2.21 bits per heavy atom. The van der Waals surface area contributed by atoms with Gasteiger partial charge in [-0.1, -0.05) is 0 Å². The molecule has 0 saturated carbocycles. The number of carbonyl (C=O) groups excluding carboxylic acids is 1. The monoisotopic (exact) mass is 333 g/mol. The average molecular weight is 333 g/mol. The quantitative estimate of drug-likeness (QED) is 0.577. The smallest absolute Gasteiger partial charge is 0.342 e. The molecule has 0 aliphatic carbocycles. The molecule has 1 aromatic carbocycles. The molecule has 2 fully saturated rings. The van der Waals surface area contributed by atoms with Crippen LogP contribution in [0.25, 0.3) is 0 Å². The van der Waals surface area contributed by atoms with E-state index in [9.17, 15) is 4.79 Å². The second-order valence-corrected chi connectivity index (χ2v) is 6.34. The number of nitrogens with zero attached hydrogens (tertiary/aromatic N) is 1. The van der Waals surface area contributed by atoms with Gasteiger partial charge in [-0.3, -0.25) is 4.90 Å². The standard InChI is InChI=1S/C16H23N5O3/c1-23-10-2-3-11-13(8-10)18-15(24-16(11)22)12-4-5-14(20-19-12)21-7-6-17-9-21/h2-3,8,12,14-15,17-20H,4-7,9H2,1H3. The normalized spacial score (nSPS) is 30.4. The summed E-state index contributed by atoms with van der Waals surface area (Å²) in [7, 11) is 1.61. The van der Waals surface area contributed by atoms with E-state index in [1.54, 1.807) is 19.2 Å². The Balaban J connectivity index is 1.41. The summed E-state index contributed by atoms with van der Waals surface area (Å²) in [5.41, 5.74) is 7.95. The molecule has 3 atom stereocenters. The number of fused-ring (bicyclic) bond motifs is 1. The molecule has 4 N–H and O–H groups in total. The Morgan fingerprint density at radius 3 is 2.92 bits per heavy atom. The molecular formula is C16H23N5O3. The Bertz CT molecular complexity index is 612. The molecule has 24 heavy (non-hydrogen) atoms. The largest absolute Gasteiger partial charge is 0.497 e. The summed E-state index contributed by atoms with van der Waals surface area (Å²) >= 11 is 0. The van der Waals surface area contributed by atoms with Gasteiger partial charge in [0.25, 0.3) is 0 Å². The minimum Gasteiger partial charge on any atom is -0.497 e. The van der Waals surface area contributed by atoms with Crippen molar-refractivity contribution < 1.29 is 14.3 Å². The fraction of sp³-hybridized carbons (Fsp3) is 0.562. The first-order chi connectivity index (χ1) is 11.7. The van der Waals surface area contributed by atoms with Crippen LogP contribution in [-0.2, 0) is 4.74 Å². The Kier molecular flexibility index (Phi) is 4.28. The van der Waals surface area contributed by atoms with Crippen molar-refractivity contribution in [3.63, 3.8) is 0 Å². The van der Waals surface area contributed by atoms with Crippen LogP contribution < -0.4 is 26.2 Å². The minimum absolute atomic E-state index is 0.0140. The highest BCUT2D eigenvalue weighted by Gasteiger charge is 2.35. The van der Waals surface area contributed by atoms with E-state index in [4.69, 9.17) is 9.47 Å². The third kappa shape index (κ3) is 2.93. The van der Waals surface area contributed by atoms with Crippen molar-refractivity contribution in [2.24, 2.45) is 0 Å². The van der Waals surface area contributed by atoms with Gasteiger partial charge >= 0.3 is 5.97 Å². The lowest BCUT2D eigenvalue weighted by molar-refractivity contribution is 0.0119. The Labute approximate surface area is 140 Å². The summed E-state index contributed by atoms with van der Waals surface area (Å²) in [6.07, 6.45) is 1.82. The fourth-order valence-corrected chi connectivity index (χ4v) is 3.47. The number of benzene rings is 1. The zero-order chi connectivity index (χ0) is 16.5. The van der Waals surface area contributed by atoms with Crippen LogP contribution in [0.15, 0.2) is 18.2 Å². The molecule has 3 aliphatic rings. The first kappa shape index (κ1) is 15.6. The van der Waals surface area contributed by atoms with Gasteiger partial charge in [-0.15, -0.1) is 0 Å². The number of anilines is 1. The zero-order valence-corrected chi connectivity index (χ0v) is 13.7. The highest BCUT2D eigenvalue weighted by molar-refractivity contribution is 5.97. The van der Waals surface area contributed by atoms with Gasteiger partial charge in [0.2, 0.25) is 0 Å². The molecule has 1 aromatic rings. The maximum Gasteiger partial charge on any atom is 0.342 e. The number of methoxy groups -OCH3 is 1. The number of carbonyl (C=O) groups is 1. The van der Waals surface area contributed by atoms with Crippen molar-refractivity contribution >= 4 is 11.7 Å². The highest BCUT2D eigenvalue weighted by atomic mass is 16.6. The van der Waals surface area contributed by atoms with Gasteiger partial charge in [-0.2, -0.15) is 0 Å². The Hall–Kier alpha value is -1.87. The maximum absolute atomic E-state index is 12.2. The van der Waals surface area contributed by atoms with E-state index in [1.165, 1.54) is 0 Å². The zero-order valence-electron chi connectivity index (χ0n) is 13.7. The van der Waals surface area contributed by atoms with Crippen molar-refractivity contribution in [1.82, 2.24) is 21.1 Å². The second-order valence-electron chi connectivity index (χ2n) is 6.34. The molecule has 0 amide bonds. The summed E-state index contributed by atoms with van der Waals surface area (Å²) in [4.78, 5) is 14.6. The van der Waals surface area contributed by atoms with Gasteiger partial charge in [-0.25, -0.2) is 15.6 Å². The first-order valence-electron chi connectivity index (χ1n) is 8.36. The fourth-order valence-electron chi connectivity index (χ4n) is 3.47. The van der Waals surface area contributed by atoms with Gasteiger partial charge in [0.05, 0.1) is 30.6 Å². The summed E-state index contributed by atoms with van der Waals surface area (Å²) in [6.45, 7) is 2.99. The molecule has 3 unspecified atom stereocenters. The average Bonchev–Trinajstić information content (AvgIpc) is 3.16. The summed E-state index contributed by atoms with van der Waals surface area (Å²) in [6, 6.07) is 5.33. The second kappa shape index (κ2) is 6.56. The molecule has 0 bridgehead atoms. The van der Waals surface area contributed by atoms with E-state index in [0.29, 0.717) is 17.5 Å². The number of hydrogen-bond acceptors (Lipinski definition) is 8. The van der Waals surface area contributed by atoms with E-state index in [0.717, 1.165) is 38.3 Å². The number of hydrogen-bond donors (Lipinski definition) is 4. The summed E-state index contributed by atoms with van der Waals surface area (Å²) in [5.74, 6) is 0.412. The molecule has 4 rings (SSSR count). The third-order valence-electron chi connectivity index (χ3n) is 4.86. The first-order valence-corrected chi connectivity index (χ1v) is 8.36. The van der Waals surface area contributed by atoms with Crippen molar-refractivity contribution in [3.05, 3.63) is 23.8 Å². The van der Waals surface area contributed by atoms with Crippen molar-refractivity contribution in [3.8, 4) is 5.75 Å². The lowest BCUT2D eigenvalue weighted by Gasteiger charge is -2.40. The van der Waals surface area contributed by atoms with Crippen molar-refractivity contribution in [2.45, 2.75) is 31.3 Å². The lowest BCUT2D eigenvalue weighted by Crippen LogP contribution is -2.62. The number of rotatable bonds is 3. The molecule has 3 aliphatic heterocycles. The number of cyclic esters (lactones) is 1. The van der Waals surface area contributed by atoms with Crippen LogP contribution in [-0.4, -0.2) is 56.2 Å². The topological polar surface area (TPSA) is 86.9 Å². The number of esters is 1. The van der Waals surface area contributed by atoms with Crippen LogP contribution in [0, 0.1) is 0 Å². The number of hydrazine groups is 1. The summed E-state index contributed by atoms with van der Waals surface area (Å²) in [5, 5.41) is 6.64. The molecule has 0 radical (unpaired) electrons. The third-order valence-corrected chi connectivity index (χ3v) is 4.86. The lowest BCUT2D eigenvalue weighted by atomic mass is 10.0. The molecule has 2 saturated heterocycles. The van der Waals surface area contributed by atoms with E-state index in [1.807, 2.05) is 6.07 Å². The van der Waals surface area contributed by atoms with Crippen LogP contribution in [0.3, 0.4) is 0 Å². The van der Waals surface area contributed by atoms with Gasteiger partial charge in [0.15, 0.2) is 6.23 Å². The van der Waals surface area contributed by atoms with Gasteiger partial charge in [0.1, 0.15) is 5.75 Å². The molecule has 0 spiro atoms. The predicted octanol–water partition coefficient (Wildman–Crippen LogP) is 0.0490. The van der Waals surface area contributed by atoms with Crippen LogP contribution in [0.4, 0.5) is 5.69 Å². The van der Waals surface area contributed by atoms with Crippen molar-refractivity contribution in [1.29, 1.82) is 0 Å². The molecule has 0 aromatic heterocycles. The van der Waals surface area contributed by atoms with Crippen LogP contribution in [0.5, 0.6) is 5.75 Å². The number of ether oxygens (including phenoxy) is 2. The number of nitrogens with one attached hydrogen (secondary N) is 4. The Morgan fingerprint density at radius 1 is 1.29 bits per heavy atom. The van der Waals surface area contributed by atoms with E-state index < -0.39 is 6.23 Å². The predicted molar refractivity (Wildman–Crippen MR) is 88.5 cm³/mol. The molecule has 8 heteroatoms. The van der Waals surface area contributed by atoms with Gasteiger partial charge in [0, 0.05) is 25.8 Å². The summed E-state index contributed by atoms with van der Waals surface area (Å²) < 4.78 is 10.8. The van der Waals surface area contributed by atoms with Crippen LogP contribution in [0.1, 0.15) is 23.2 Å². The van der Waals surface area contributed by atoms with E-state index in [-0.39, 0.29) is 12.0 Å². The SMILES string of the molecule is COc1ccc2c(c1)NC(C1CCC(N3CCNC3)NN1)OC2=O. The minimum atomic E-state index is -0.401. The highest BCUT2D eigenvalue weighted by Crippen LogP contribution is 2.29. The molecule has 130 valence electrons. The van der Waals surface area contributed by atoms with Crippen LogP contribution in [0.2, 0.25) is 0 Å². The maximum atomic E-state index is 12.2. The van der Waals surface area contributed by atoms with Gasteiger partial charge < -0.3 is 20.1 Å². The molecule has 8 nitrogen and oxygen atoms in total. The molecule has 3 heterocycles. The van der Waals surface area contributed by atoms with Gasteiger partial charge in [-0.05, 0) is 25.0 Å². The molecular weight excluding hydrogens is 310 g/mol. The van der Waals surface area contributed by atoms with Crippen LogP contribution >= 0.6 is 0 Å².